The van der Waals surface area contributed by atoms with Crippen molar-refractivity contribution in [2.24, 2.45) is 5.84 Å². The van der Waals surface area contributed by atoms with E-state index in [1.807, 2.05) is 12.1 Å². The zero-order chi connectivity index (χ0) is 12.4. The molecule has 3 rings (SSSR count). The van der Waals surface area contributed by atoms with Gasteiger partial charge in [0.2, 0.25) is 0 Å². The summed E-state index contributed by atoms with van der Waals surface area (Å²) in [7, 11) is 0. The number of ether oxygens (including phenoxy) is 1. The van der Waals surface area contributed by atoms with Crippen LogP contribution in [0.4, 0.5) is 0 Å². The quantitative estimate of drug-likeness (QED) is 0.642. The summed E-state index contributed by atoms with van der Waals surface area (Å²) in [6.45, 7) is 0. The fourth-order valence-electron chi connectivity index (χ4n) is 1.94. The normalized spacial score (nSPS) is 16.5. The predicted molar refractivity (Wildman–Crippen MR) is 73.6 cm³/mol. The lowest BCUT2D eigenvalue weighted by Gasteiger charge is -2.15. The number of thiophene rings is 1. The molecule has 18 heavy (non-hydrogen) atoms. The minimum atomic E-state index is 0.0474. The van der Waals surface area contributed by atoms with Crippen LogP contribution in [0.15, 0.2) is 41.1 Å². The fourth-order valence-corrected chi connectivity index (χ4v) is 2.63. The van der Waals surface area contributed by atoms with E-state index in [0.717, 1.165) is 11.3 Å². The van der Waals surface area contributed by atoms with Gasteiger partial charge in [-0.05, 0) is 52.9 Å². The Hall–Kier alpha value is -1.36. The van der Waals surface area contributed by atoms with Crippen LogP contribution < -0.4 is 16.0 Å². The van der Waals surface area contributed by atoms with Gasteiger partial charge < -0.3 is 4.74 Å². The molecule has 3 nitrogen and oxygen atoms in total. The number of hydrogen-bond donors (Lipinski definition) is 2. The Morgan fingerprint density at radius 1 is 1.17 bits per heavy atom. The van der Waals surface area contributed by atoms with Gasteiger partial charge in [0, 0.05) is 0 Å². The molecule has 0 spiro atoms. The highest BCUT2D eigenvalue weighted by Gasteiger charge is 2.23. The van der Waals surface area contributed by atoms with Crippen LogP contribution in [0.25, 0.3) is 0 Å². The lowest BCUT2D eigenvalue weighted by atomic mass is 10.0. The molecule has 1 aromatic carbocycles. The smallest absolute Gasteiger partial charge is 0.119 e. The first-order chi connectivity index (χ1) is 8.86. The molecule has 3 N–H and O–H groups in total. The second-order valence-electron chi connectivity index (χ2n) is 4.54. The molecule has 0 bridgehead atoms. The minimum Gasteiger partial charge on any atom is -0.490 e. The standard InChI is InChI=1S/C14H16N2OS/c15-16-14(11-7-8-18-9-11)10-1-3-12(4-2-10)17-13-5-6-13/h1-4,7-9,13-14,16H,5-6,15H2. The molecule has 1 aromatic heterocycles. The number of benzene rings is 1. The van der Waals surface area contributed by atoms with Crippen molar-refractivity contribution in [2.75, 3.05) is 0 Å². The van der Waals surface area contributed by atoms with E-state index in [4.69, 9.17) is 10.6 Å². The van der Waals surface area contributed by atoms with Gasteiger partial charge in [0.15, 0.2) is 0 Å². The maximum atomic E-state index is 5.73. The van der Waals surface area contributed by atoms with E-state index in [0.29, 0.717) is 6.10 Å². The van der Waals surface area contributed by atoms with Gasteiger partial charge in [-0.2, -0.15) is 11.3 Å². The Balaban J connectivity index is 1.77. The van der Waals surface area contributed by atoms with E-state index < -0.39 is 0 Å². The van der Waals surface area contributed by atoms with E-state index in [1.165, 1.54) is 18.4 Å². The van der Waals surface area contributed by atoms with E-state index in [9.17, 15) is 0 Å². The number of hydrazine groups is 1. The zero-order valence-electron chi connectivity index (χ0n) is 10.0. The van der Waals surface area contributed by atoms with E-state index in [1.54, 1.807) is 11.3 Å². The van der Waals surface area contributed by atoms with Gasteiger partial charge in [0.05, 0.1) is 12.1 Å². The largest absolute Gasteiger partial charge is 0.490 e. The summed E-state index contributed by atoms with van der Waals surface area (Å²) in [5.41, 5.74) is 5.20. The molecular formula is C14H16N2OS. The van der Waals surface area contributed by atoms with Gasteiger partial charge in [0.25, 0.3) is 0 Å². The Labute approximate surface area is 111 Å². The van der Waals surface area contributed by atoms with Crippen LogP contribution >= 0.6 is 11.3 Å². The van der Waals surface area contributed by atoms with E-state index >= 15 is 0 Å². The lowest BCUT2D eigenvalue weighted by molar-refractivity contribution is 0.303. The summed E-state index contributed by atoms with van der Waals surface area (Å²) in [5.74, 6) is 6.59. The monoisotopic (exact) mass is 260 g/mol. The summed E-state index contributed by atoms with van der Waals surface area (Å²) in [6.07, 6.45) is 2.81. The molecule has 4 heteroatoms. The van der Waals surface area contributed by atoms with Crippen molar-refractivity contribution in [1.29, 1.82) is 0 Å². The Bertz CT molecular complexity index is 491. The highest BCUT2D eigenvalue weighted by molar-refractivity contribution is 7.08. The van der Waals surface area contributed by atoms with Gasteiger partial charge >= 0.3 is 0 Å². The molecule has 0 aliphatic heterocycles. The molecule has 0 amide bonds. The maximum Gasteiger partial charge on any atom is 0.119 e. The first kappa shape index (κ1) is 11.7. The SMILES string of the molecule is NNC(c1ccc(OC2CC2)cc1)c1ccsc1. The summed E-state index contributed by atoms with van der Waals surface area (Å²) < 4.78 is 5.73. The molecule has 0 radical (unpaired) electrons. The van der Waals surface area contributed by atoms with Crippen molar-refractivity contribution < 1.29 is 4.74 Å². The molecule has 1 unspecified atom stereocenters. The number of hydrogen-bond acceptors (Lipinski definition) is 4. The third-order valence-corrected chi connectivity index (χ3v) is 3.79. The molecular weight excluding hydrogens is 244 g/mol. The average molecular weight is 260 g/mol. The average Bonchev–Trinajstić information content (AvgIpc) is 3.05. The highest BCUT2D eigenvalue weighted by atomic mass is 32.1. The van der Waals surface area contributed by atoms with Crippen LogP contribution in [0.5, 0.6) is 5.75 Å². The predicted octanol–water partition coefficient (Wildman–Crippen LogP) is 2.84. The van der Waals surface area contributed by atoms with E-state index in [-0.39, 0.29) is 6.04 Å². The third-order valence-electron chi connectivity index (χ3n) is 3.08. The fraction of sp³-hybridized carbons (Fsp3) is 0.286. The van der Waals surface area contributed by atoms with Crippen molar-refractivity contribution in [3.8, 4) is 5.75 Å². The highest BCUT2D eigenvalue weighted by Crippen LogP contribution is 2.29. The molecule has 1 fully saturated rings. The number of nitrogens with two attached hydrogens (primary N) is 1. The topological polar surface area (TPSA) is 47.3 Å². The van der Waals surface area contributed by atoms with Gasteiger partial charge in [-0.15, -0.1) is 0 Å². The molecule has 1 atom stereocenters. The summed E-state index contributed by atoms with van der Waals surface area (Å²) in [5, 5.41) is 4.17. The maximum absolute atomic E-state index is 5.73. The Kier molecular flexibility index (Phi) is 3.32. The van der Waals surface area contributed by atoms with Gasteiger partial charge in [-0.3, -0.25) is 5.84 Å². The molecule has 1 aliphatic carbocycles. The van der Waals surface area contributed by atoms with Crippen LogP contribution in [-0.4, -0.2) is 6.10 Å². The first-order valence-corrected chi connectivity index (χ1v) is 7.06. The van der Waals surface area contributed by atoms with Crippen LogP contribution in [0.2, 0.25) is 0 Å². The molecule has 1 saturated carbocycles. The summed E-state index contributed by atoms with van der Waals surface area (Å²) in [4.78, 5) is 0. The molecule has 1 heterocycles. The third kappa shape index (κ3) is 2.56. The summed E-state index contributed by atoms with van der Waals surface area (Å²) in [6, 6.07) is 10.3. The van der Waals surface area contributed by atoms with E-state index in [2.05, 4.69) is 34.4 Å². The van der Waals surface area contributed by atoms with Crippen molar-refractivity contribution in [1.82, 2.24) is 5.43 Å². The zero-order valence-corrected chi connectivity index (χ0v) is 10.8. The van der Waals surface area contributed by atoms with Crippen LogP contribution in [-0.2, 0) is 0 Å². The van der Waals surface area contributed by atoms with Crippen LogP contribution in [0.1, 0.15) is 30.0 Å². The number of rotatable bonds is 5. The van der Waals surface area contributed by atoms with Gasteiger partial charge in [-0.25, -0.2) is 5.43 Å². The van der Waals surface area contributed by atoms with Crippen molar-refractivity contribution in [2.45, 2.75) is 25.0 Å². The lowest BCUT2D eigenvalue weighted by Crippen LogP contribution is -2.28. The molecule has 1 aliphatic rings. The van der Waals surface area contributed by atoms with Crippen molar-refractivity contribution >= 4 is 11.3 Å². The van der Waals surface area contributed by atoms with Crippen LogP contribution in [0.3, 0.4) is 0 Å². The molecule has 94 valence electrons. The summed E-state index contributed by atoms with van der Waals surface area (Å²) >= 11 is 1.68. The molecule has 0 saturated heterocycles. The van der Waals surface area contributed by atoms with Crippen molar-refractivity contribution in [3.05, 3.63) is 52.2 Å². The molecule has 2 aromatic rings. The second-order valence-corrected chi connectivity index (χ2v) is 5.32. The Morgan fingerprint density at radius 3 is 2.50 bits per heavy atom. The second kappa shape index (κ2) is 5.10. The first-order valence-electron chi connectivity index (χ1n) is 6.11. The van der Waals surface area contributed by atoms with Crippen LogP contribution in [0, 0.1) is 0 Å². The van der Waals surface area contributed by atoms with Gasteiger partial charge in [0.1, 0.15) is 5.75 Å². The minimum absolute atomic E-state index is 0.0474. The van der Waals surface area contributed by atoms with Gasteiger partial charge in [-0.1, -0.05) is 12.1 Å². The van der Waals surface area contributed by atoms with Crippen molar-refractivity contribution in [3.63, 3.8) is 0 Å². The number of nitrogens with one attached hydrogen (secondary N) is 1. The Morgan fingerprint density at radius 2 is 1.94 bits per heavy atom.